The van der Waals surface area contributed by atoms with Gasteiger partial charge in [-0.3, -0.25) is 0 Å². The Morgan fingerprint density at radius 3 is 1.37 bits per heavy atom. The summed E-state index contributed by atoms with van der Waals surface area (Å²) >= 11 is 0. The Morgan fingerprint density at radius 1 is 0.433 bits per heavy atom. The minimum atomic E-state index is -0.572. The van der Waals surface area contributed by atoms with Crippen molar-refractivity contribution in [1.29, 1.82) is 0 Å². The summed E-state index contributed by atoms with van der Waals surface area (Å²) in [5, 5.41) is 4.19. The molecule has 0 unspecified atom stereocenters. The predicted octanol–water partition coefficient (Wildman–Crippen LogP) is 5.22. The van der Waals surface area contributed by atoms with Crippen molar-refractivity contribution in [2.45, 2.75) is 0 Å². The minimum absolute atomic E-state index is 0. The monoisotopic (exact) mass is 446 g/mol. The topological polar surface area (TPSA) is 0 Å². The number of benzene rings is 3. The van der Waals surface area contributed by atoms with E-state index in [2.05, 4.69) is 111 Å². The molecule has 2 saturated carbocycles. The van der Waals surface area contributed by atoms with Gasteiger partial charge in [0.2, 0.25) is 0 Å². The molecule has 0 amide bonds. The van der Waals surface area contributed by atoms with Gasteiger partial charge in [-0.05, 0) is 87.2 Å². The van der Waals surface area contributed by atoms with Gasteiger partial charge in [0.05, 0.1) is 0 Å². The zero-order valence-corrected chi connectivity index (χ0v) is 18.6. The first-order valence-electron chi connectivity index (χ1n) is 9.81. The van der Waals surface area contributed by atoms with Crippen LogP contribution in [0.15, 0.2) is 84.9 Å². The summed E-state index contributed by atoms with van der Waals surface area (Å²) in [5.74, 6) is 1.30. The molecule has 2 fully saturated rings. The maximum absolute atomic E-state index is 2.29. The van der Waals surface area contributed by atoms with Crippen molar-refractivity contribution in [2.24, 2.45) is 0 Å². The van der Waals surface area contributed by atoms with Gasteiger partial charge in [-0.15, -0.1) is 0 Å². The number of hydrogen-bond donors (Lipinski definition) is 0. The second-order valence-corrected chi connectivity index (χ2v) is 8.84. The van der Waals surface area contributed by atoms with E-state index in [0.717, 1.165) is 0 Å². The van der Waals surface area contributed by atoms with Crippen LogP contribution in [-0.4, -0.2) is 0 Å². The van der Waals surface area contributed by atoms with Crippen molar-refractivity contribution in [3.8, 4) is 0 Å². The molecule has 0 nitrogen and oxygen atoms in total. The fourth-order valence-corrected chi connectivity index (χ4v) is 5.84. The Morgan fingerprint density at radius 2 is 0.867 bits per heavy atom. The summed E-state index contributed by atoms with van der Waals surface area (Å²) in [6.45, 7) is 0. The summed E-state index contributed by atoms with van der Waals surface area (Å²) in [6.07, 6.45) is 18.6. The molecule has 10 radical (unpaired) electrons. The van der Waals surface area contributed by atoms with E-state index >= 15 is 0 Å². The molecular formula is C28H23FeP+2. The largest absolute Gasteiger partial charge is 2.00 e. The van der Waals surface area contributed by atoms with Crippen LogP contribution in [0.25, 0.3) is 0 Å². The van der Waals surface area contributed by atoms with Crippen LogP contribution in [0.5, 0.6) is 0 Å². The fourth-order valence-electron chi connectivity index (χ4n) is 3.37. The van der Waals surface area contributed by atoms with E-state index in [4.69, 9.17) is 0 Å². The Bertz CT molecular complexity index is 805. The van der Waals surface area contributed by atoms with Gasteiger partial charge in [0.15, 0.2) is 0 Å². The fraction of sp³-hybridized carbons (Fsp3) is 0. The molecule has 0 spiro atoms. The molecule has 0 aromatic heterocycles. The van der Waals surface area contributed by atoms with Crippen molar-refractivity contribution in [2.75, 3.05) is 0 Å². The molecule has 5 rings (SSSR count). The molecule has 3 aromatic carbocycles. The van der Waals surface area contributed by atoms with Crippen LogP contribution < -0.4 is 15.9 Å². The first kappa shape index (κ1) is 23.3. The molecule has 0 atom stereocenters. The third-order valence-electron chi connectivity index (χ3n) is 4.70. The van der Waals surface area contributed by atoms with Crippen LogP contribution in [0.2, 0.25) is 0 Å². The van der Waals surface area contributed by atoms with E-state index in [1.165, 1.54) is 27.4 Å². The molecular weight excluding hydrogens is 423 g/mol. The molecule has 0 bridgehead atoms. The standard InChI is InChI=1S/C23H18P.C5H5.Fe/c1-3-13-20(14-4-1)24(21-15-5-2-6-16-21)23-18-10-9-17-22(23)19-11-7-8-12-19;1-2-4-5-3-1;/h1-18H;1-5H;/q;;+2. The molecule has 0 saturated heterocycles. The predicted molar refractivity (Wildman–Crippen MR) is 126 cm³/mol. The zero-order chi connectivity index (χ0) is 19.7. The molecule has 0 aliphatic heterocycles. The third kappa shape index (κ3) is 6.07. The van der Waals surface area contributed by atoms with Gasteiger partial charge < -0.3 is 0 Å². The molecule has 2 aliphatic carbocycles. The van der Waals surface area contributed by atoms with Gasteiger partial charge in [0, 0.05) is 5.92 Å². The van der Waals surface area contributed by atoms with Crippen molar-refractivity contribution >= 4 is 23.8 Å². The molecule has 0 N–H and O–H groups in total. The first-order valence-corrected chi connectivity index (χ1v) is 11.2. The molecule has 30 heavy (non-hydrogen) atoms. The SMILES string of the molecule is [CH]1[CH][CH][CH][CH]1.[CH]1[CH][CH][C](c2ccccc2P(c2ccccc2)c2ccccc2)[CH]1.[Fe+2]. The Kier molecular flexibility index (Phi) is 9.67. The average Bonchev–Trinajstić information content (AvgIpc) is 3.53. The third-order valence-corrected chi connectivity index (χ3v) is 7.20. The second-order valence-electron chi connectivity index (χ2n) is 6.66. The quantitative estimate of drug-likeness (QED) is 0.381. The van der Waals surface area contributed by atoms with Gasteiger partial charge in [0.1, 0.15) is 0 Å². The molecule has 3 aromatic rings. The zero-order valence-electron chi connectivity index (χ0n) is 16.6. The summed E-state index contributed by atoms with van der Waals surface area (Å²) in [4.78, 5) is 0. The van der Waals surface area contributed by atoms with Crippen molar-refractivity contribution in [3.63, 3.8) is 0 Å². The van der Waals surface area contributed by atoms with Gasteiger partial charge in [-0.1, -0.05) is 84.9 Å². The average molecular weight is 446 g/mol. The van der Waals surface area contributed by atoms with Crippen LogP contribution in [0.4, 0.5) is 0 Å². The van der Waals surface area contributed by atoms with E-state index in [1.807, 2.05) is 32.1 Å². The van der Waals surface area contributed by atoms with Crippen molar-refractivity contribution in [3.05, 3.63) is 154 Å². The van der Waals surface area contributed by atoms with E-state index in [9.17, 15) is 0 Å². The van der Waals surface area contributed by atoms with Crippen molar-refractivity contribution < 1.29 is 17.1 Å². The van der Waals surface area contributed by atoms with Gasteiger partial charge in [-0.2, -0.15) is 0 Å². The van der Waals surface area contributed by atoms with E-state index in [0.29, 0.717) is 0 Å². The van der Waals surface area contributed by atoms with Crippen molar-refractivity contribution in [1.82, 2.24) is 0 Å². The maximum atomic E-state index is 2.29. The van der Waals surface area contributed by atoms with E-state index in [-0.39, 0.29) is 17.1 Å². The molecule has 2 aliphatic rings. The van der Waals surface area contributed by atoms with Crippen LogP contribution in [-0.2, 0) is 17.1 Å². The smallest absolute Gasteiger partial charge is 0.0622 e. The summed E-state index contributed by atoms with van der Waals surface area (Å²) in [6, 6.07) is 30.5. The normalized spacial score (nSPS) is 16.0. The maximum Gasteiger partial charge on any atom is 2.00 e. The Labute approximate surface area is 194 Å². The van der Waals surface area contributed by atoms with Gasteiger partial charge >= 0.3 is 17.1 Å². The summed E-state index contributed by atoms with van der Waals surface area (Å²) < 4.78 is 0. The van der Waals surface area contributed by atoms with Crippen LogP contribution in [0.3, 0.4) is 0 Å². The molecule has 2 heteroatoms. The van der Waals surface area contributed by atoms with E-state index in [1.54, 1.807) is 0 Å². The first-order chi connectivity index (χ1) is 14.4. The van der Waals surface area contributed by atoms with E-state index < -0.39 is 7.92 Å². The number of hydrogen-bond acceptors (Lipinski definition) is 0. The Balaban J connectivity index is 0.000000376. The second kappa shape index (κ2) is 12.5. The van der Waals surface area contributed by atoms with Crippen LogP contribution in [0.1, 0.15) is 5.56 Å². The number of rotatable bonds is 4. The Hall–Kier alpha value is -1.39. The van der Waals surface area contributed by atoms with Gasteiger partial charge in [-0.25, -0.2) is 0 Å². The molecule has 146 valence electrons. The summed E-state index contributed by atoms with van der Waals surface area (Å²) in [5.41, 5.74) is 1.33. The van der Waals surface area contributed by atoms with Crippen LogP contribution >= 0.6 is 7.92 Å². The molecule has 0 heterocycles. The summed E-state index contributed by atoms with van der Waals surface area (Å²) in [7, 11) is -0.572. The minimum Gasteiger partial charge on any atom is -0.0622 e. The van der Waals surface area contributed by atoms with Gasteiger partial charge in [0.25, 0.3) is 0 Å². The van der Waals surface area contributed by atoms with Crippen LogP contribution in [0, 0.1) is 63.7 Å².